The molecule has 0 N–H and O–H groups in total. The second kappa shape index (κ2) is 3.65. The fourth-order valence-corrected chi connectivity index (χ4v) is 0.542. The van der Waals surface area contributed by atoms with Crippen molar-refractivity contribution >= 4 is 6.21 Å². The minimum atomic E-state index is 0.694. The van der Waals surface area contributed by atoms with Crippen LogP contribution in [0.5, 0.6) is 0 Å². The average Bonchev–Trinajstić information content (AvgIpc) is 1.84. The minimum absolute atomic E-state index is 0.694. The van der Waals surface area contributed by atoms with Gasteiger partial charge in [-0.15, -0.1) is 0 Å². The summed E-state index contributed by atoms with van der Waals surface area (Å²) >= 11 is 0. The third-order valence-corrected chi connectivity index (χ3v) is 1.69. The van der Waals surface area contributed by atoms with Crippen LogP contribution >= 0.6 is 0 Å². The van der Waals surface area contributed by atoms with Crippen molar-refractivity contribution in [3.63, 3.8) is 0 Å². The van der Waals surface area contributed by atoms with E-state index >= 15 is 0 Å². The van der Waals surface area contributed by atoms with Crippen LogP contribution in [0.2, 0.25) is 0 Å². The van der Waals surface area contributed by atoms with E-state index in [4.69, 9.17) is 0 Å². The quantitative estimate of drug-likeness (QED) is 0.378. The maximum Gasteiger partial charge on any atom is 0.149 e. The molecule has 1 nitrogen and oxygen atoms in total. The fraction of sp³-hybridized carbons (Fsp3) is 0.857. The molecule has 1 heteroatoms. The first-order valence-electron chi connectivity index (χ1n) is 3.23. The molecule has 0 aliphatic rings. The Hall–Kier alpha value is -0.330. The van der Waals surface area contributed by atoms with Crippen LogP contribution in [-0.2, 0) is 0 Å². The fourth-order valence-electron chi connectivity index (χ4n) is 0.542. The summed E-state index contributed by atoms with van der Waals surface area (Å²) < 4.78 is 2.22. The summed E-state index contributed by atoms with van der Waals surface area (Å²) in [5.74, 6) is 0. The predicted octanol–water partition coefficient (Wildman–Crippen LogP) is 1.52. The maximum atomic E-state index is 2.22. The Morgan fingerprint density at radius 2 is 2.12 bits per heavy atom. The van der Waals surface area contributed by atoms with Gasteiger partial charge in [0.15, 0.2) is 0 Å². The summed E-state index contributed by atoms with van der Waals surface area (Å²) in [5.41, 5.74) is 0. The van der Waals surface area contributed by atoms with Crippen molar-refractivity contribution in [1.82, 2.24) is 0 Å². The number of rotatable bonds is 2. The van der Waals surface area contributed by atoms with Crippen molar-refractivity contribution in [2.24, 2.45) is 0 Å². The topological polar surface area (TPSA) is 3.01 Å². The Balaban J connectivity index is 3.63. The summed E-state index contributed by atoms with van der Waals surface area (Å²) in [6.45, 7) is 6.48. The number of hydrogen-bond donors (Lipinski definition) is 0. The summed E-state index contributed by atoms with van der Waals surface area (Å²) in [5, 5.41) is 0. The van der Waals surface area contributed by atoms with Crippen molar-refractivity contribution in [3.8, 4) is 0 Å². The van der Waals surface area contributed by atoms with E-state index in [-0.39, 0.29) is 0 Å². The van der Waals surface area contributed by atoms with Gasteiger partial charge in [-0.05, 0) is 6.92 Å². The van der Waals surface area contributed by atoms with Gasteiger partial charge in [-0.25, -0.2) is 4.58 Å². The second-order valence-corrected chi connectivity index (χ2v) is 2.18. The summed E-state index contributed by atoms with van der Waals surface area (Å²) in [6.07, 6.45) is 3.33. The van der Waals surface area contributed by atoms with Gasteiger partial charge < -0.3 is 0 Å². The highest BCUT2D eigenvalue weighted by molar-refractivity contribution is 5.46. The van der Waals surface area contributed by atoms with Gasteiger partial charge >= 0.3 is 0 Å². The van der Waals surface area contributed by atoms with Gasteiger partial charge in [0.05, 0.1) is 0 Å². The molecule has 0 spiro atoms. The highest BCUT2D eigenvalue weighted by Crippen LogP contribution is 1.90. The molecule has 0 saturated carbocycles. The van der Waals surface area contributed by atoms with Crippen molar-refractivity contribution in [3.05, 3.63) is 0 Å². The average molecular weight is 114 g/mol. The zero-order valence-corrected chi connectivity index (χ0v) is 6.31. The van der Waals surface area contributed by atoms with E-state index in [1.165, 1.54) is 6.42 Å². The largest absolute Gasteiger partial charge is 0.240 e. The highest BCUT2D eigenvalue weighted by atomic mass is 15.0. The Kier molecular flexibility index (Phi) is 3.49. The highest BCUT2D eigenvalue weighted by Gasteiger charge is 2.03. The van der Waals surface area contributed by atoms with Gasteiger partial charge in [0.2, 0.25) is 0 Å². The van der Waals surface area contributed by atoms with E-state index in [0.29, 0.717) is 6.04 Å². The Labute approximate surface area is 52.0 Å². The molecule has 0 aliphatic carbocycles. The van der Waals surface area contributed by atoms with E-state index in [2.05, 4.69) is 38.6 Å². The lowest BCUT2D eigenvalue weighted by Gasteiger charge is -2.01. The molecule has 0 heterocycles. The third kappa shape index (κ3) is 2.10. The van der Waals surface area contributed by atoms with Crippen LogP contribution in [0.1, 0.15) is 27.2 Å². The van der Waals surface area contributed by atoms with Gasteiger partial charge in [0.25, 0.3) is 0 Å². The molecule has 0 rings (SSSR count). The summed E-state index contributed by atoms with van der Waals surface area (Å²) in [7, 11) is 2.11. The summed E-state index contributed by atoms with van der Waals surface area (Å²) in [6, 6.07) is 0.694. The third-order valence-electron chi connectivity index (χ3n) is 1.69. The van der Waals surface area contributed by atoms with Crippen LogP contribution < -0.4 is 0 Å². The van der Waals surface area contributed by atoms with Crippen molar-refractivity contribution < 1.29 is 4.58 Å². The van der Waals surface area contributed by atoms with Crippen molar-refractivity contribution in [2.45, 2.75) is 33.2 Å². The molecular weight excluding hydrogens is 98.1 g/mol. The minimum Gasteiger partial charge on any atom is -0.240 e. The maximum absolute atomic E-state index is 2.22. The van der Waals surface area contributed by atoms with Gasteiger partial charge in [-0.2, -0.15) is 0 Å². The molecule has 0 aromatic rings. The van der Waals surface area contributed by atoms with Gasteiger partial charge in [0, 0.05) is 13.3 Å². The first kappa shape index (κ1) is 7.67. The van der Waals surface area contributed by atoms with Crippen molar-refractivity contribution in [1.29, 1.82) is 0 Å². The molecule has 0 fully saturated rings. The first-order chi connectivity index (χ1) is 3.72. The summed E-state index contributed by atoms with van der Waals surface area (Å²) in [4.78, 5) is 0. The van der Waals surface area contributed by atoms with E-state index < -0.39 is 0 Å². The van der Waals surface area contributed by atoms with Gasteiger partial charge in [-0.1, -0.05) is 6.92 Å². The molecule has 1 unspecified atom stereocenters. The zero-order chi connectivity index (χ0) is 6.57. The smallest absolute Gasteiger partial charge is 0.149 e. The second-order valence-electron chi connectivity index (χ2n) is 2.18. The molecule has 1 atom stereocenters. The normalized spacial score (nSPS) is 16.2. The van der Waals surface area contributed by atoms with Crippen LogP contribution in [0.3, 0.4) is 0 Å². The SMILES string of the molecule is CC=[N+](C)C(C)CC. The molecule has 8 heavy (non-hydrogen) atoms. The van der Waals surface area contributed by atoms with Crippen molar-refractivity contribution in [2.75, 3.05) is 7.05 Å². The van der Waals surface area contributed by atoms with Gasteiger partial charge in [-0.3, -0.25) is 0 Å². The van der Waals surface area contributed by atoms with E-state index in [1.54, 1.807) is 0 Å². The zero-order valence-electron chi connectivity index (χ0n) is 6.31. The Morgan fingerprint density at radius 3 is 2.25 bits per heavy atom. The molecular formula is C7H16N+. The van der Waals surface area contributed by atoms with Crippen LogP contribution in [0, 0.1) is 0 Å². The lowest BCUT2D eigenvalue weighted by molar-refractivity contribution is -0.530. The van der Waals surface area contributed by atoms with Crippen LogP contribution in [0.15, 0.2) is 0 Å². The Morgan fingerprint density at radius 1 is 1.62 bits per heavy atom. The molecule has 48 valence electrons. The lowest BCUT2D eigenvalue weighted by atomic mass is 10.2. The van der Waals surface area contributed by atoms with Crippen LogP contribution in [0.4, 0.5) is 0 Å². The molecule has 0 aromatic carbocycles. The number of nitrogens with zero attached hydrogens (tertiary/aromatic N) is 1. The van der Waals surface area contributed by atoms with Gasteiger partial charge in [0.1, 0.15) is 19.3 Å². The first-order valence-corrected chi connectivity index (χ1v) is 3.23. The lowest BCUT2D eigenvalue weighted by Crippen LogP contribution is -2.18. The standard InChI is InChI=1S/C7H16N/c1-5-7(3)8(4)6-2/h6-7H,5H2,1-4H3/q+1. The Bertz CT molecular complexity index is 84.4. The van der Waals surface area contributed by atoms with E-state index in [0.717, 1.165) is 0 Å². The molecule has 0 aliphatic heterocycles. The molecule has 0 radical (unpaired) electrons. The van der Waals surface area contributed by atoms with E-state index in [1.807, 2.05) is 0 Å². The molecule has 0 amide bonds. The molecule has 0 bridgehead atoms. The molecule has 0 aromatic heterocycles. The van der Waals surface area contributed by atoms with Crippen LogP contribution in [0.25, 0.3) is 0 Å². The monoisotopic (exact) mass is 114 g/mol. The van der Waals surface area contributed by atoms with Crippen LogP contribution in [-0.4, -0.2) is 23.9 Å². The predicted molar refractivity (Wildman–Crippen MR) is 37.7 cm³/mol. The molecule has 0 saturated heterocycles. The number of hydrogen-bond acceptors (Lipinski definition) is 0. The van der Waals surface area contributed by atoms with E-state index in [9.17, 15) is 0 Å².